The van der Waals surface area contributed by atoms with Crippen LogP contribution in [-0.4, -0.2) is 24.4 Å². The van der Waals surface area contributed by atoms with Gasteiger partial charge in [0.15, 0.2) is 0 Å². The number of phenolic OH excluding ortho intramolecular Hbond substituents is 1. The predicted octanol–water partition coefficient (Wildman–Crippen LogP) is 4.75. The minimum atomic E-state index is 0.248. The van der Waals surface area contributed by atoms with E-state index < -0.39 is 0 Å². The molecule has 0 saturated carbocycles. The molecule has 0 aliphatic carbocycles. The van der Waals surface area contributed by atoms with Crippen LogP contribution < -0.4 is 4.90 Å². The summed E-state index contributed by atoms with van der Waals surface area (Å²) in [6.45, 7) is 6.04. The highest BCUT2D eigenvalue weighted by atomic mass is 79.9. The van der Waals surface area contributed by atoms with Crippen LogP contribution in [0.3, 0.4) is 0 Å². The van der Waals surface area contributed by atoms with Crippen molar-refractivity contribution in [2.45, 2.75) is 13.8 Å². The summed E-state index contributed by atoms with van der Waals surface area (Å²) >= 11 is 3.42. The van der Waals surface area contributed by atoms with Gasteiger partial charge in [-0.2, -0.15) is 0 Å². The van der Waals surface area contributed by atoms with Crippen molar-refractivity contribution in [3.05, 3.63) is 52.5 Å². The van der Waals surface area contributed by atoms with E-state index in [0.717, 1.165) is 28.9 Å². The van der Waals surface area contributed by atoms with E-state index >= 15 is 0 Å². The zero-order chi connectivity index (χ0) is 15.2. The molecule has 0 aliphatic heterocycles. The van der Waals surface area contributed by atoms with E-state index in [1.54, 1.807) is 12.3 Å². The molecular weight excluding hydrogens is 328 g/mol. The van der Waals surface area contributed by atoms with E-state index in [1.165, 1.54) is 0 Å². The second kappa shape index (κ2) is 7.27. The predicted molar refractivity (Wildman–Crippen MR) is 93.1 cm³/mol. The standard InChI is InChI=1S/C17H19BrN2O/c1-3-20(4-2)16-9-8-13(17(21)11-16)12-19-15-7-5-6-14(18)10-15/h5-12,21H,3-4H2,1-2H3. The van der Waals surface area contributed by atoms with Crippen molar-refractivity contribution in [1.29, 1.82) is 0 Å². The van der Waals surface area contributed by atoms with E-state index in [-0.39, 0.29) is 5.75 Å². The molecule has 0 bridgehead atoms. The Morgan fingerprint density at radius 1 is 1.14 bits per heavy atom. The average Bonchev–Trinajstić information content (AvgIpc) is 2.48. The van der Waals surface area contributed by atoms with Gasteiger partial charge >= 0.3 is 0 Å². The van der Waals surface area contributed by atoms with Crippen molar-refractivity contribution in [3.8, 4) is 5.75 Å². The molecule has 0 spiro atoms. The second-order valence-electron chi connectivity index (χ2n) is 4.65. The van der Waals surface area contributed by atoms with Gasteiger partial charge in [-0.15, -0.1) is 0 Å². The van der Waals surface area contributed by atoms with Crippen LogP contribution in [0.5, 0.6) is 5.75 Å². The summed E-state index contributed by atoms with van der Waals surface area (Å²) in [5, 5.41) is 10.1. The lowest BCUT2D eigenvalue weighted by atomic mass is 10.2. The highest BCUT2D eigenvalue weighted by Crippen LogP contribution is 2.24. The molecule has 2 aromatic carbocycles. The van der Waals surface area contributed by atoms with E-state index in [0.29, 0.717) is 5.56 Å². The molecular formula is C17H19BrN2O. The van der Waals surface area contributed by atoms with Crippen molar-refractivity contribution in [1.82, 2.24) is 0 Å². The quantitative estimate of drug-likeness (QED) is 0.792. The summed E-state index contributed by atoms with van der Waals surface area (Å²) in [5.74, 6) is 0.248. The van der Waals surface area contributed by atoms with Gasteiger partial charge in [-0.05, 0) is 44.2 Å². The number of hydrogen-bond donors (Lipinski definition) is 1. The van der Waals surface area contributed by atoms with E-state index in [4.69, 9.17) is 0 Å². The minimum absolute atomic E-state index is 0.248. The fourth-order valence-electron chi connectivity index (χ4n) is 2.13. The Balaban J connectivity index is 2.21. The minimum Gasteiger partial charge on any atom is -0.507 e. The Labute approximate surface area is 134 Å². The lowest BCUT2D eigenvalue weighted by Gasteiger charge is -2.21. The molecule has 0 aliphatic rings. The molecule has 0 amide bonds. The molecule has 0 atom stereocenters. The maximum Gasteiger partial charge on any atom is 0.126 e. The zero-order valence-electron chi connectivity index (χ0n) is 12.3. The zero-order valence-corrected chi connectivity index (χ0v) is 13.8. The largest absolute Gasteiger partial charge is 0.507 e. The molecule has 2 aromatic rings. The lowest BCUT2D eigenvalue weighted by molar-refractivity contribution is 0.474. The number of benzene rings is 2. The van der Waals surface area contributed by atoms with Gasteiger partial charge in [0, 0.05) is 41.1 Å². The van der Waals surface area contributed by atoms with Crippen LogP contribution in [-0.2, 0) is 0 Å². The molecule has 0 unspecified atom stereocenters. The molecule has 0 radical (unpaired) electrons. The number of nitrogens with zero attached hydrogens (tertiary/aromatic N) is 2. The van der Waals surface area contributed by atoms with Crippen molar-refractivity contribution in [3.63, 3.8) is 0 Å². The van der Waals surface area contributed by atoms with Gasteiger partial charge in [0.25, 0.3) is 0 Å². The van der Waals surface area contributed by atoms with Crippen LogP contribution in [0.25, 0.3) is 0 Å². The maximum atomic E-state index is 10.1. The van der Waals surface area contributed by atoms with Gasteiger partial charge in [0.2, 0.25) is 0 Å². The van der Waals surface area contributed by atoms with E-state index in [1.807, 2.05) is 36.4 Å². The van der Waals surface area contributed by atoms with Crippen molar-refractivity contribution in [2.24, 2.45) is 4.99 Å². The summed E-state index contributed by atoms with van der Waals surface area (Å²) in [6.07, 6.45) is 1.68. The van der Waals surface area contributed by atoms with Gasteiger partial charge in [0.1, 0.15) is 5.75 Å². The van der Waals surface area contributed by atoms with Crippen LogP contribution >= 0.6 is 15.9 Å². The molecule has 0 aromatic heterocycles. The molecule has 4 heteroatoms. The van der Waals surface area contributed by atoms with Crippen molar-refractivity contribution < 1.29 is 5.11 Å². The lowest BCUT2D eigenvalue weighted by Crippen LogP contribution is -2.21. The smallest absolute Gasteiger partial charge is 0.126 e. The Morgan fingerprint density at radius 2 is 1.90 bits per heavy atom. The number of phenols is 1. The first kappa shape index (κ1) is 15.6. The molecule has 3 nitrogen and oxygen atoms in total. The molecule has 110 valence electrons. The van der Waals surface area contributed by atoms with Crippen LogP contribution in [0, 0.1) is 0 Å². The highest BCUT2D eigenvalue weighted by molar-refractivity contribution is 9.10. The van der Waals surface area contributed by atoms with Crippen LogP contribution in [0.15, 0.2) is 51.9 Å². The number of hydrogen-bond acceptors (Lipinski definition) is 3. The maximum absolute atomic E-state index is 10.1. The highest BCUT2D eigenvalue weighted by Gasteiger charge is 2.05. The summed E-state index contributed by atoms with van der Waals surface area (Å²) in [6, 6.07) is 13.4. The van der Waals surface area contributed by atoms with Crippen LogP contribution in [0.4, 0.5) is 11.4 Å². The van der Waals surface area contributed by atoms with Gasteiger partial charge < -0.3 is 10.0 Å². The van der Waals surface area contributed by atoms with Gasteiger partial charge in [-0.25, -0.2) is 0 Å². The third-order valence-corrected chi connectivity index (χ3v) is 3.80. The summed E-state index contributed by atoms with van der Waals surface area (Å²) in [4.78, 5) is 6.57. The molecule has 2 rings (SSSR count). The monoisotopic (exact) mass is 346 g/mol. The Kier molecular flexibility index (Phi) is 5.39. The third kappa shape index (κ3) is 4.08. The Morgan fingerprint density at radius 3 is 2.52 bits per heavy atom. The topological polar surface area (TPSA) is 35.8 Å². The van der Waals surface area contributed by atoms with E-state index in [9.17, 15) is 5.11 Å². The molecule has 0 heterocycles. The van der Waals surface area contributed by atoms with Crippen LogP contribution in [0.2, 0.25) is 0 Å². The molecule has 0 saturated heterocycles. The molecule has 21 heavy (non-hydrogen) atoms. The van der Waals surface area contributed by atoms with Gasteiger partial charge in [0.05, 0.1) is 5.69 Å². The summed E-state index contributed by atoms with van der Waals surface area (Å²) in [5.41, 5.74) is 2.58. The second-order valence-corrected chi connectivity index (χ2v) is 5.57. The van der Waals surface area contributed by atoms with E-state index in [2.05, 4.69) is 39.7 Å². The number of anilines is 1. The van der Waals surface area contributed by atoms with Gasteiger partial charge in [-0.1, -0.05) is 22.0 Å². The number of aliphatic imine (C=N–C) groups is 1. The first-order valence-electron chi connectivity index (χ1n) is 7.01. The first-order chi connectivity index (χ1) is 10.1. The third-order valence-electron chi connectivity index (χ3n) is 3.30. The average molecular weight is 347 g/mol. The molecule has 0 fully saturated rings. The molecule has 1 N–H and O–H groups in total. The first-order valence-corrected chi connectivity index (χ1v) is 7.81. The number of halogens is 1. The van der Waals surface area contributed by atoms with Crippen LogP contribution in [0.1, 0.15) is 19.4 Å². The Bertz CT molecular complexity index is 636. The SMILES string of the molecule is CCN(CC)c1ccc(C=Nc2cccc(Br)c2)c(O)c1. The number of rotatable bonds is 5. The van der Waals surface area contributed by atoms with Crippen molar-refractivity contribution in [2.75, 3.05) is 18.0 Å². The summed E-state index contributed by atoms with van der Waals surface area (Å²) < 4.78 is 0.984. The fourth-order valence-corrected chi connectivity index (χ4v) is 2.51. The summed E-state index contributed by atoms with van der Waals surface area (Å²) in [7, 11) is 0. The van der Waals surface area contributed by atoms with Crippen molar-refractivity contribution >= 4 is 33.5 Å². The fraction of sp³-hybridized carbons (Fsp3) is 0.235. The van der Waals surface area contributed by atoms with Gasteiger partial charge in [-0.3, -0.25) is 4.99 Å². The Hall–Kier alpha value is -1.81. The normalized spacial score (nSPS) is 11.0. The number of aromatic hydroxyl groups is 1.